The number of rotatable bonds is 8. The van der Waals surface area contributed by atoms with Gasteiger partial charge >= 0.3 is 0 Å². The summed E-state index contributed by atoms with van der Waals surface area (Å²) in [6, 6.07) is 15.2. The van der Waals surface area contributed by atoms with Crippen LogP contribution in [0, 0.1) is 0 Å². The molecule has 1 aliphatic heterocycles. The lowest BCUT2D eigenvalue weighted by atomic mass is 10.2. The summed E-state index contributed by atoms with van der Waals surface area (Å²) in [6.45, 7) is 2.13. The SMILES string of the molecule is NC(c1cccnc1)n1c(CSC2CCOCC2)nc2cc(NCc3ccccn3)ccc2c1=O. The van der Waals surface area contributed by atoms with E-state index in [2.05, 4.69) is 15.3 Å². The standard InChI is InChI=1S/C26H28N6O2S/c27-25(18-4-3-10-28-15-18)32-24(17-35-21-8-12-34-13-9-21)31-23-14-19(6-7-22(23)26(32)33)30-16-20-5-1-2-11-29-20/h1-7,10-11,14-15,21,25,30H,8-9,12-13,16-17,27H2. The van der Waals surface area contributed by atoms with Crippen LogP contribution in [-0.2, 0) is 17.0 Å². The van der Waals surface area contributed by atoms with Gasteiger partial charge in [0.05, 0.1) is 28.9 Å². The number of thioether (sulfide) groups is 1. The molecule has 1 saturated heterocycles. The molecule has 0 spiro atoms. The zero-order valence-corrected chi connectivity index (χ0v) is 20.2. The minimum atomic E-state index is -0.666. The van der Waals surface area contributed by atoms with Crippen molar-refractivity contribution in [3.05, 3.63) is 94.6 Å². The molecule has 3 aromatic heterocycles. The summed E-state index contributed by atoms with van der Waals surface area (Å²) in [4.78, 5) is 27.1. The van der Waals surface area contributed by atoms with E-state index in [1.165, 1.54) is 0 Å². The van der Waals surface area contributed by atoms with E-state index in [1.807, 2.05) is 60.3 Å². The van der Waals surface area contributed by atoms with Crippen LogP contribution in [0.15, 0.2) is 71.9 Å². The van der Waals surface area contributed by atoms with Crippen molar-refractivity contribution >= 4 is 28.4 Å². The second-order valence-corrected chi connectivity index (χ2v) is 9.75. The maximum absolute atomic E-state index is 13.7. The van der Waals surface area contributed by atoms with Crippen molar-refractivity contribution in [1.82, 2.24) is 19.5 Å². The minimum absolute atomic E-state index is 0.148. The molecule has 4 heterocycles. The molecule has 1 aliphatic rings. The number of nitrogens with zero attached hydrogens (tertiary/aromatic N) is 4. The van der Waals surface area contributed by atoms with E-state index in [4.69, 9.17) is 15.5 Å². The van der Waals surface area contributed by atoms with Crippen molar-refractivity contribution < 1.29 is 4.74 Å². The zero-order chi connectivity index (χ0) is 24.0. The summed E-state index contributed by atoms with van der Waals surface area (Å²) in [6.07, 6.45) is 6.49. The van der Waals surface area contributed by atoms with Gasteiger partial charge in [-0.05, 0) is 49.2 Å². The van der Waals surface area contributed by atoms with E-state index in [-0.39, 0.29) is 5.56 Å². The predicted molar refractivity (Wildman–Crippen MR) is 139 cm³/mol. The number of benzene rings is 1. The highest BCUT2D eigenvalue weighted by Gasteiger charge is 2.21. The Morgan fingerprint density at radius 2 is 2.03 bits per heavy atom. The molecule has 9 heteroatoms. The molecule has 0 bridgehead atoms. The highest BCUT2D eigenvalue weighted by molar-refractivity contribution is 7.99. The second kappa shape index (κ2) is 11.0. The first-order chi connectivity index (χ1) is 17.2. The predicted octanol–water partition coefficient (Wildman–Crippen LogP) is 3.72. The average Bonchev–Trinajstić information content (AvgIpc) is 2.92. The van der Waals surface area contributed by atoms with E-state index in [0.717, 1.165) is 43.0 Å². The van der Waals surface area contributed by atoms with Gasteiger partial charge in [-0.3, -0.25) is 19.3 Å². The van der Waals surface area contributed by atoms with Crippen LogP contribution in [0.2, 0.25) is 0 Å². The smallest absolute Gasteiger partial charge is 0.263 e. The normalized spacial score (nSPS) is 15.2. The molecule has 5 rings (SSSR count). The third-order valence-electron chi connectivity index (χ3n) is 6.09. The Bertz CT molecular complexity index is 1330. The molecule has 3 N–H and O–H groups in total. The van der Waals surface area contributed by atoms with Crippen LogP contribution < -0.4 is 16.6 Å². The van der Waals surface area contributed by atoms with Crippen LogP contribution in [0.25, 0.3) is 10.9 Å². The number of fused-ring (bicyclic) bond motifs is 1. The Hall–Kier alpha value is -3.27. The lowest BCUT2D eigenvalue weighted by Crippen LogP contribution is -2.34. The third-order valence-corrected chi connectivity index (χ3v) is 7.46. The maximum Gasteiger partial charge on any atom is 0.263 e. The van der Waals surface area contributed by atoms with Gasteiger partial charge < -0.3 is 15.8 Å². The highest BCUT2D eigenvalue weighted by Crippen LogP contribution is 2.27. The Balaban J connectivity index is 1.49. The molecule has 35 heavy (non-hydrogen) atoms. The van der Waals surface area contributed by atoms with E-state index >= 15 is 0 Å². The molecule has 0 amide bonds. The van der Waals surface area contributed by atoms with Crippen molar-refractivity contribution in [2.24, 2.45) is 5.73 Å². The molecule has 180 valence electrons. The van der Waals surface area contributed by atoms with Crippen LogP contribution in [-0.4, -0.2) is 38.0 Å². The first-order valence-corrected chi connectivity index (χ1v) is 12.8. The number of ether oxygens (including phenoxy) is 1. The minimum Gasteiger partial charge on any atom is -0.381 e. The molecule has 0 radical (unpaired) electrons. The van der Waals surface area contributed by atoms with Crippen molar-refractivity contribution in [2.75, 3.05) is 18.5 Å². The van der Waals surface area contributed by atoms with Gasteiger partial charge in [0.25, 0.3) is 5.56 Å². The van der Waals surface area contributed by atoms with Gasteiger partial charge in [0, 0.05) is 48.3 Å². The van der Waals surface area contributed by atoms with Crippen molar-refractivity contribution in [3.63, 3.8) is 0 Å². The number of nitrogens with two attached hydrogens (primary N) is 1. The van der Waals surface area contributed by atoms with Gasteiger partial charge in [-0.25, -0.2) is 4.98 Å². The summed E-state index contributed by atoms with van der Waals surface area (Å²) < 4.78 is 7.11. The molecule has 1 unspecified atom stereocenters. The second-order valence-electron chi connectivity index (χ2n) is 8.46. The van der Waals surface area contributed by atoms with Crippen LogP contribution >= 0.6 is 11.8 Å². The molecule has 0 saturated carbocycles. The highest BCUT2D eigenvalue weighted by atomic mass is 32.2. The fourth-order valence-corrected chi connectivity index (χ4v) is 5.29. The number of hydrogen-bond acceptors (Lipinski definition) is 8. The van der Waals surface area contributed by atoms with Gasteiger partial charge in [-0.1, -0.05) is 12.1 Å². The van der Waals surface area contributed by atoms with E-state index in [9.17, 15) is 4.79 Å². The Morgan fingerprint density at radius 1 is 1.14 bits per heavy atom. The molecule has 8 nitrogen and oxygen atoms in total. The number of anilines is 1. The summed E-state index contributed by atoms with van der Waals surface area (Å²) >= 11 is 1.81. The fourth-order valence-electron chi connectivity index (χ4n) is 4.17. The first kappa shape index (κ1) is 23.5. The quantitative estimate of drug-likeness (QED) is 0.386. The third kappa shape index (κ3) is 5.53. The van der Waals surface area contributed by atoms with Crippen molar-refractivity contribution in [1.29, 1.82) is 0 Å². The van der Waals surface area contributed by atoms with Gasteiger partial charge in [-0.15, -0.1) is 0 Å². The maximum atomic E-state index is 13.7. The van der Waals surface area contributed by atoms with Crippen LogP contribution in [0.5, 0.6) is 0 Å². The van der Waals surface area contributed by atoms with Crippen LogP contribution in [0.3, 0.4) is 0 Å². The van der Waals surface area contributed by atoms with Gasteiger partial charge in [0.1, 0.15) is 12.0 Å². The number of pyridine rings is 2. The molecular weight excluding hydrogens is 460 g/mol. The number of hydrogen-bond donors (Lipinski definition) is 2. The number of aromatic nitrogens is 4. The average molecular weight is 489 g/mol. The molecule has 1 fully saturated rings. The summed E-state index contributed by atoms with van der Waals surface area (Å²) in [5.74, 6) is 1.26. The zero-order valence-electron chi connectivity index (χ0n) is 19.3. The molecule has 0 aliphatic carbocycles. The van der Waals surface area contributed by atoms with E-state index in [1.54, 1.807) is 23.2 Å². The Kier molecular flexibility index (Phi) is 7.37. The summed E-state index contributed by atoms with van der Waals surface area (Å²) in [5, 5.41) is 4.39. The topological polar surface area (TPSA) is 108 Å². The Labute approximate surface area is 208 Å². The van der Waals surface area contributed by atoms with Gasteiger partial charge in [-0.2, -0.15) is 11.8 Å². The van der Waals surface area contributed by atoms with Crippen molar-refractivity contribution in [2.45, 2.75) is 36.6 Å². The van der Waals surface area contributed by atoms with E-state index < -0.39 is 6.17 Å². The van der Waals surface area contributed by atoms with Crippen molar-refractivity contribution in [3.8, 4) is 0 Å². The van der Waals surface area contributed by atoms with Gasteiger partial charge in [0.2, 0.25) is 0 Å². The molecule has 1 atom stereocenters. The summed E-state index contributed by atoms with van der Waals surface area (Å²) in [5.41, 5.74) is 9.68. The van der Waals surface area contributed by atoms with E-state index in [0.29, 0.717) is 34.3 Å². The van der Waals surface area contributed by atoms with Crippen LogP contribution in [0.4, 0.5) is 5.69 Å². The molecule has 4 aromatic rings. The fraction of sp³-hybridized carbons (Fsp3) is 0.308. The first-order valence-electron chi connectivity index (χ1n) is 11.7. The lowest BCUT2D eigenvalue weighted by molar-refractivity contribution is 0.1000. The Morgan fingerprint density at radius 3 is 2.80 bits per heavy atom. The largest absolute Gasteiger partial charge is 0.381 e. The van der Waals surface area contributed by atoms with Crippen LogP contribution in [0.1, 0.15) is 36.1 Å². The summed E-state index contributed by atoms with van der Waals surface area (Å²) in [7, 11) is 0. The molecular formula is C26H28N6O2S. The monoisotopic (exact) mass is 488 g/mol. The number of nitrogens with one attached hydrogen (secondary N) is 1. The lowest BCUT2D eigenvalue weighted by Gasteiger charge is -2.24. The molecule has 1 aromatic carbocycles. The van der Waals surface area contributed by atoms with Gasteiger partial charge in [0.15, 0.2) is 0 Å².